The topological polar surface area (TPSA) is 59.7 Å². The van der Waals surface area contributed by atoms with Crippen LogP contribution in [0.3, 0.4) is 0 Å². The molecule has 6 nitrogen and oxygen atoms in total. The van der Waals surface area contributed by atoms with Gasteiger partial charge < -0.3 is 4.74 Å². The molecule has 0 N–H and O–H groups in total. The molecule has 0 amide bonds. The summed E-state index contributed by atoms with van der Waals surface area (Å²) < 4.78 is 71.5. The van der Waals surface area contributed by atoms with Crippen molar-refractivity contribution in [3.8, 4) is 11.4 Å². The number of likely N-dealkylation sites (N-methyl/N-ethyl adjacent to an activating group) is 1. The SMILES string of the molecule is CCC(F)(F)c1nc(C2C=NN(C)C2)cc(=O)n1-c1ccc(OCC(F)(F)F)cc1. The van der Waals surface area contributed by atoms with E-state index >= 15 is 0 Å². The highest BCUT2D eigenvalue weighted by atomic mass is 19.4. The number of rotatable bonds is 6. The Morgan fingerprint density at radius 2 is 1.83 bits per heavy atom. The first kappa shape index (κ1) is 21.7. The molecule has 1 aliphatic heterocycles. The molecule has 0 bridgehead atoms. The Kier molecular flexibility index (Phi) is 5.82. The molecular formula is C19H19F5N4O2. The van der Waals surface area contributed by atoms with Crippen molar-refractivity contribution in [1.82, 2.24) is 14.6 Å². The van der Waals surface area contributed by atoms with Gasteiger partial charge in [0.15, 0.2) is 12.4 Å². The minimum absolute atomic E-state index is 0.0405. The molecule has 1 aliphatic rings. The van der Waals surface area contributed by atoms with Crippen LogP contribution in [-0.4, -0.2) is 47.2 Å². The monoisotopic (exact) mass is 430 g/mol. The van der Waals surface area contributed by atoms with Gasteiger partial charge in [-0.1, -0.05) is 6.92 Å². The van der Waals surface area contributed by atoms with Gasteiger partial charge in [0, 0.05) is 32.3 Å². The van der Waals surface area contributed by atoms with Gasteiger partial charge in [-0.25, -0.2) is 4.98 Å². The predicted octanol–water partition coefficient (Wildman–Crippen LogP) is 3.69. The molecule has 30 heavy (non-hydrogen) atoms. The fraction of sp³-hybridized carbons (Fsp3) is 0.421. The van der Waals surface area contributed by atoms with E-state index in [1.165, 1.54) is 43.5 Å². The summed E-state index contributed by atoms with van der Waals surface area (Å²) in [6.07, 6.45) is -3.57. The van der Waals surface area contributed by atoms with Crippen molar-refractivity contribution in [2.24, 2.45) is 5.10 Å². The molecule has 0 saturated carbocycles. The molecule has 1 aromatic heterocycles. The van der Waals surface area contributed by atoms with E-state index in [9.17, 15) is 26.7 Å². The number of hydrogen-bond acceptors (Lipinski definition) is 5. The second-order valence-electron chi connectivity index (χ2n) is 6.85. The summed E-state index contributed by atoms with van der Waals surface area (Å²) in [6, 6.07) is 5.98. The van der Waals surface area contributed by atoms with Crippen LogP contribution < -0.4 is 10.3 Å². The van der Waals surface area contributed by atoms with Gasteiger partial charge in [-0.2, -0.15) is 27.1 Å². The highest BCUT2D eigenvalue weighted by molar-refractivity contribution is 5.68. The second-order valence-corrected chi connectivity index (χ2v) is 6.85. The standard InChI is InChI=1S/C19H19F5N4O2/c1-3-18(20,21)17-26-15(12-9-25-27(2)10-12)8-16(29)28(17)13-4-6-14(7-5-13)30-11-19(22,23)24/h4-9,12H,3,10-11H2,1-2H3. The Labute approximate surface area is 168 Å². The average Bonchev–Trinajstić information content (AvgIpc) is 3.12. The molecule has 0 fully saturated rings. The van der Waals surface area contributed by atoms with Gasteiger partial charge in [0.25, 0.3) is 5.56 Å². The number of hydrazone groups is 1. The average molecular weight is 430 g/mol. The lowest BCUT2D eigenvalue weighted by Gasteiger charge is -2.21. The lowest BCUT2D eigenvalue weighted by Crippen LogP contribution is -2.32. The Morgan fingerprint density at radius 3 is 2.37 bits per heavy atom. The van der Waals surface area contributed by atoms with Gasteiger partial charge in [0.05, 0.1) is 17.3 Å². The fourth-order valence-electron chi connectivity index (χ4n) is 2.94. The molecule has 1 aromatic carbocycles. The van der Waals surface area contributed by atoms with Crippen LogP contribution in [-0.2, 0) is 5.92 Å². The second kappa shape index (κ2) is 8.04. The Hall–Kier alpha value is -2.98. The van der Waals surface area contributed by atoms with Gasteiger partial charge in [-0.15, -0.1) is 0 Å². The van der Waals surface area contributed by atoms with Crippen LogP contribution in [0.2, 0.25) is 0 Å². The summed E-state index contributed by atoms with van der Waals surface area (Å²) in [6.45, 7) is 0.181. The molecule has 2 aromatic rings. The molecule has 0 aliphatic carbocycles. The first-order chi connectivity index (χ1) is 14.0. The molecule has 11 heteroatoms. The Balaban J connectivity index is 2.01. The zero-order valence-corrected chi connectivity index (χ0v) is 16.2. The van der Waals surface area contributed by atoms with Crippen LogP contribution in [0.1, 0.15) is 30.8 Å². The van der Waals surface area contributed by atoms with Crippen molar-refractivity contribution in [3.05, 3.63) is 52.2 Å². The van der Waals surface area contributed by atoms with Crippen LogP contribution >= 0.6 is 0 Å². The van der Waals surface area contributed by atoms with Gasteiger partial charge >= 0.3 is 12.1 Å². The van der Waals surface area contributed by atoms with Crippen LogP contribution in [0.15, 0.2) is 40.2 Å². The third kappa shape index (κ3) is 4.77. The quantitative estimate of drug-likeness (QED) is 0.656. The number of alkyl halides is 5. The maximum atomic E-state index is 14.7. The normalized spacial score (nSPS) is 16.9. The summed E-state index contributed by atoms with van der Waals surface area (Å²) in [7, 11) is 1.71. The Morgan fingerprint density at radius 1 is 1.17 bits per heavy atom. The highest BCUT2D eigenvalue weighted by Crippen LogP contribution is 2.32. The van der Waals surface area contributed by atoms with E-state index in [1.807, 2.05) is 0 Å². The first-order valence-electron chi connectivity index (χ1n) is 9.07. The van der Waals surface area contributed by atoms with E-state index in [0.29, 0.717) is 6.54 Å². The minimum atomic E-state index is -4.51. The molecular weight excluding hydrogens is 411 g/mol. The lowest BCUT2D eigenvalue weighted by molar-refractivity contribution is -0.153. The van der Waals surface area contributed by atoms with Crippen molar-refractivity contribution < 1.29 is 26.7 Å². The van der Waals surface area contributed by atoms with Crippen molar-refractivity contribution in [2.75, 3.05) is 20.2 Å². The van der Waals surface area contributed by atoms with Crippen LogP contribution in [0.4, 0.5) is 22.0 Å². The van der Waals surface area contributed by atoms with E-state index in [2.05, 4.69) is 14.8 Å². The van der Waals surface area contributed by atoms with Crippen molar-refractivity contribution >= 4 is 6.21 Å². The van der Waals surface area contributed by atoms with Crippen LogP contribution in [0.5, 0.6) is 5.75 Å². The Bertz CT molecular complexity index is 986. The molecule has 1 unspecified atom stereocenters. The van der Waals surface area contributed by atoms with Crippen molar-refractivity contribution in [1.29, 1.82) is 0 Å². The van der Waals surface area contributed by atoms with E-state index < -0.39 is 42.4 Å². The van der Waals surface area contributed by atoms with Gasteiger partial charge in [0.1, 0.15) is 5.75 Å². The molecule has 2 heterocycles. The molecule has 0 radical (unpaired) electrons. The van der Waals surface area contributed by atoms with Crippen molar-refractivity contribution in [2.45, 2.75) is 31.4 Å². The highest BCUT2D eigenvalue weighted by Gasteiger charge is 2.36. The predicted molar refractivity (Wildman–Crippen MR) is 99.4 cm³/mol. The molecule has 0 saturated heterocycles. The summed E-state index contributed by atoms with van der Waals surface area (Å²) in [4.78, 5) is 16.8. The van der Waals surface area contributed by atoms with E-state index in [-0.39, 0.29) is 17.1 Å². The lowest BCUT2D eigenvalue weighted by atomic mass is 10.1. The molecule has 1 atom stereocenters. The van der Waals surface area contributed by atoms with Gasteiger partial charge in [-0.05, 0) is 24.3 Å². The first-order valence-corrected chi connectivity index (χ1v) is 9.07. The van der Waals surface area contributed by atoms with Crippen LogP contribution in [0.25, 0.3) is 5.69 Å². The summed E-state index contributed by atoms with van der Waals surface area (Å²) in [5.41, 5.74) is -0.508. The maximum Gasteiger partial charge on any atom is 0.422 e. The summed E-state index contributed by atoms with van der Waals surface area (Å²) >= 11 is 0. The zero-order chi connectivity index (χ0) is 22.1. The van der Waals surface area contributed by atoms with Crippen molar-refractivity contribution in [3.63, 3.8) is 0 Å². The molecule has 0 spiro atoms. The van der Waals surface area contributed by atoms with E-state index in [0.717, 1.165) is 4.57 Å². The number of benzene rings is 1. The number of hydrogen-bond donors (Lipinski definition) is 0. The number of halogens is 5. The molecule has 3 rings (SSSR count). The third-order valence-corrected chi connectivity index (χ3v) is 4.49. The van der Waals surface area contributed by atoms with Crippen LogP contribution in [0, 0.1) is 0 Å². The van der Waals surface area contributed by atoms with Gasteiger partial charge in [-0.3, -0.25) is 14.4 Å². The fourth-order valence-corrected chi connectivity index (χ4v) is 2.94. The maximum absolute atomic E-state index is 14.7. The number of nitrogens with zero attached hydrogens (tertiary/aromatic N) is 4. The minimum Gasteiger partial charge on any atom is -0.484 e. The van der Waals surface area contributed by atoms with E-state index in [1.54, 1.807) is 12.1 Å². The third-order valence-electron chi connectivity index (χ3n) is 4.49. The number of ether oxygens (including phenoxy) is 1. The smallest absolute Gasteiger partial charge is 0.422 e. The number of aromatic nitrogens is 2. The largest absolute Gasteiger partial charge is 0.484 e. The summed E-state index contributed by atoms with van der Waals surface area (Å²) in [5.74, 6) is -4.65. The van der Waals surface area contributed by atoms with E-state index in [4.69, 9.17) is 0 Å². The summed E-state index contributed by atoms with van der Waals surface area (Å²) in [5, 5.41) is 5.64. The molecule has 162 valence electrons. The zero-order valence-electron chi connectivity index (χ0n) is 16.2. The van der Waals surface area contributed by atoms with Gasteiger partial charge in [0.2, 0.25) is 0 Å².